The van der Waals surface area contributed by atoms with Crippen molar-refractivity contribution >= 4 is 17.9 Å². The summed E-state index contributed by atoms with van der Waals surface area (Å²) in [5.74, 6) is -0.912. The van der Waals surface area contributed by atoms with Crippen LogP contribution in [0.4, 0.5) is 0 Å². The maximum atomic E-state index is 12.7. The summed E-state index contributed by atoms with van der Waals surface area (Å²) in [6.45, 7) is 6.48. The van der Waals surface area contributed by atoms with Gasteiger partial charge < -0.3 is 14.2 Å². The summed E-state index contributed by atoms with van der Waals surface area (Å²) >= 11 is 0. The van der Waals surface area contributed by atoms with Crippen LogP contribution in [0.2, 0.25) is 0 Å². The SMILES string of the molecule is CCC/C=C\C/C=C\CCCCCCCC(=O)OC(COC(=O)CCCCCCCC)COC(=O)CCCCCCC/C=C\CCCCCCCCC. The maximum Gasteiger partial charge on any atom is 0.306 e. The van der Waals surface area contributed by atoms with Crippen LogP contribution in [0.3, 0.4) is 0 Å². The summed E-state index contributed by atoms with van der Waals surface area (Å²) in [7, 11) is 0. The van der Waals surface area contributed by atoms with Crippen LogP contribution in [0, 0.1) is 0 Å². The number of esters is 3. The maximum absolute atomic E-state index is 12.7. The molecule has 0 saturated carbocycles. The first-order valence-corrected chi connectivity index (χ1v) is 22.5. The third-order valence-corrected chi connectivity index (χ3v) is 9.60. The number of carbonyl (C=O) groups is 3. The highest BCUT2D eigenvalue weighted by Gasteiger charge is 2.19. The van der Waals surface area contributed by atoms with Crippen molar-refractivity contribution < 1.29 is 28.6 Å². The third kappa shape index (κ3) is 40.6. The van der Waals surface area contributed by atoms with Crippen LogP contribution in [-0.2, 0) is 28.6 Å². The van der Waals surface area contributed by atoms with Crippen LogP contribution in [0.1, 0.15) is 226 Å². The molecule has 1 atom stereocenters. The lowest BCUT2D eigenvalue weighted by Gasteiger charge is -2.18. The molecular weight excluding hydrogens is 661 g/mol. The van der Waals surface area contributed by atoms with Gasteiger partial charge in [0, 0.05) is 19.3 Å². The molecule has 0 heterocycles. The lowest BCUT2D eigenvalue weighted by Crippen LogP contribution is -2.30. The Morgan fingerprint density at radius 1 is 0.377 bits per heavy atom. The summed E-state index contributed by atoms with van der Waals surface area (Å²) in [5.41, 5.74) is 0. The first kappa shape index (κ1) is 50.6. The van der Waals surface area contributed by atoms with E-state index >= 15 is 0 Å². The summed E-state index contributed by atoms with van der Waals surface area (Å²) < 4.78 is 16.6. The highest BCUT2D eigenvalue weighted by Crippen LogP contribution is 2.13. The number of carbonyl (C=O) groups excluding carboxylic acids is 3. The standard InChI is InChI=1S/C47H84O6/c1-4-7-10-13-16-18-20-22-23-24-26-27-29-31-34-37-40-46(49)52-43-44(42-51-45(48)39-36-33-15-12-9-6-3)53-47(50)41-38-35-32-30-28-25-21-19-17-14-11-8-5-2/h11,14,19,21,23-24,44H,4-10,12-13,15-18,20,22,25-43H2,1-3H3/b14-11-,21-19-,24-23-. The Balaban J connectivity index is 4.29. The molecule has 6 heteroatoms. The minimum absolute atomic E-state index is 0.0803. The van der Waals surface area contributed by atoms with Crippen molar-refractivity contribution in [3.63, 3.8) is 0 Å². The van der Waals surface area contributed by atoms with E-state index in [0.29, 0.717) is 19.3 Å². The van der Waals surface area contributed by atoms with E-state index in [1.165, 1.54) is 89.9 Å². The Hall–Kier alpha value is -2.37. The molecule has 0 N–H and O–H groups in total. The van der Waals surface area contributed by atoms with Gasteiger partial charge in [-0.3, -0.25) is 14.4 Å². The molecule has 0 spiro atoms. The van der Waals surface area contributed by atoms with Gasteiger partial charge in [-0.25, -0.2) is 0 Å². The van der Waals surface area contributed by atoms with Crippen LogP contribution < -0.4 is 0 Å². The predicted octanol–water partition coefficient (Wildman–Crippen LogP) is 14.2. The number of rotatable bonds is 40. The van der Waals surface area contributed by atoms with Gasteiger partial charge in [0.2, 0.25) is 0 Å². The van der Waals surface area contributed by atoms with Crippen molar-refractivity contribution in [3.8, 4) is 0 Å². The lowest BCUT2D eigenvalue weighted by atomic mass is 10.1. The summed E-state index contributed by atoms with van der Waals surface area (Å²) in [4.78, 5) is 37.5. The monoisotopic (exact) mass is 745 g/mol. The smallest absolute Gasteiger partial charge is 0.306 e. The van der Waals surface area contributed by atoms with Crippen molar-refractivity contribution in [2.75, 3.05) is 13.2 Å². The van der Waals surface area contributed by atoms with Crippen molar-refractivity contribution in [1.29, 1.82) is 0 Å². The Bertz CT molecular complexity index is 907. The van der Waals surface area contributed by atoms with E-state index in [9.17, 15) is 14.4 Å². The molecule has 0 radical (unpaired) electrons. The molecule has 0 saturated heterocycles. The molecule has 6 nitrogen and oxygen atoms in total. The molecule has 0 aromatic heterocycles. The Kier molecular flexibility index (Phi) is 40.5. The molecule has 0 fully saturated rings. The normalized spacial score (nSPS) is 12.3. The molecule has 0 amide bonds. The van der Waals surface area contributed by atoms with Gasteiger partial charge >= 0.3 is 17.9 Å². The minimum atomic E-state index is -0.776. The molecule has 1 unspecified atom stereocenters. The van der Waals surface area contributed by atoms with E-state index in [4.69, 9.17) is 14.2 Å². The molecule has 308 valence electrons. The van der Waals surface area contributed by atoms with Gasteiger partial charge in [-0.05, 0) is 70.6 Å². The fourth-order valence-electron chi connectivity index (χ4n) is 6.18. The number of hydrogen-bond acceptors (Lipinski definition) is 6. The second-order valence-electron chi connectivity index (χ2n) is 15.0. The van der Waals surface area contributed by atoms with Gasteiger partial charge in [-0.2, -0.15) is 0 Å². The number of unbranched alkanes of at least 4 members (excludes halogenated alkanes) is 23. The second kappa shape index (κ2) is 42.4. The number of hydrogen-bond donors (Lipinski definition) is 0. The number of allylic oxidation sites excluding steroid dienone is 6. The Labute approximate surface area is 327 Å². The first-order valence-electron chi connectivity index (χ1n) is 22.5. The topological polar surface area (TPSA) is 78.9 Å². The fraction of sp³-hybridized carbons (Fsp3) is 0.809. The Morgan fingerprint density at radius 2 is 0.717 bits per heavy atom. The average Bonchev–Trinajstić information content (AvgIpc) is 3.15. The van der Waals surface area contributed by atoms with E-state index in [0.717, 1.165) is 96.3 Å². The number of ether oxygens (including phenoxy) is 3. The minimum Gasteiger partial charge on any atom is -0.462 e. The lowest BCUT2D eigenvalue weighted by molar-refractivity contribution is -0.167. The van der Waals surface area contributed by atoms with Crippen molar-refractivity contribution in [3.05, 3.63) is 36.5 Å². The van der Waals surface area contributed by atoms with Gasteiger partial charge in [0.1, 0.15) is 13.2 Å². The third-order valence-electron chi connectivity index (χ3n) is 9.60. The van der Waals surface area contributed by atoms with Crippen LogP contribution >= 0.6 is 0 Å². The van der Waals surface area contributed by atoms with E-state index in [1.54, 1.807) is 0 Å². The molecule has 0 rings (SSSR count). The molecule has 0 aromatic rings. The molecule has 53 heavy (non-hydrogen) atoms. The summed E-state index contributed by atoms with van der Waals surface area (Å²) in [6, 6.07) is 0. The first-order chi connectivity index (χ1) is 26.0. The van der Waals surface area contributed by atoms with Crippen LogP contribution in [-0.4, -0.2) is 37.2 Å². The molecule has 0 aliphatic carbocycles. The molecule has 0 aliphatic rings. The highest BCUT2D eigenvalue weighted by molar-refractivity contribution is 5.71. The van der Waals surface area contributed by atoms with E-state index in [-0.39, 0.29) is 31.1 Å². The van der Waals surface area contributed by atoms with Crippen LogP contribution in [0.25, 0.3) is 0 Å². The van der Waals surface area contributed by atoms with Gasteiger partial charge in [0.05, 0.1) is 0 Å². The van der Waals surface area contributed by atoms with E-state index in [1.807, 2.05) is 0 Å². The van der Waals surface area contributed by atoms with Crippen molar-refractivity contribution in [2.45, 2.75) is 232 Å². The van der Waals surface area contributed by atoms with Gasteiger partial charge in [-0.15, -0.1) is 0 Å². The molecule has 0 aromatic carbocycles. The van der Waals surface area contributed by atoms with Crippen molar-refractivity contribution in [2.24, 2.45) is 0 Å². The van der Waals surface area contributed by atoms with Crippen LogP contribution in [0.15, 0.2) is 36.5 Å². The van der Waals surface area contributed by atoms with E-state index in [2.05, 4.69) is 57.2 Å². The quantitative estimate of drug-likeness (QED) is 0.0269. The average molecular weight is 745 g/mol. The van der Waals surface area contributed by atoms with Crippen LogP contribution in [0.5, 0.6) is 0 Å². The van der Waals surface area contributed by atoms with Gasteiger partial charge in [0.25, 0.3) is 0 Å². The van der Waals surface area contributed by atoms with E-state index < -0.39 is 6.10 Å². The zero-order chi connectivity index (χ0) is 38.7. The second-order valence-corrected chi connectivity index (χ2v) is 15.0. The highest BCUT2D eigenvalue weighted by atomic mass is 16.6. The van der Waals surface area contributed by atoms with Crippen molar-refractivity contribution in [1.82, 2.24) is 0 Å². The largest absolute Gasteiger partial charge is 0.462 e. The fourth-order valence-corrected chi connectivity index (χ4v) is 6.18. The van der Waals surface area contributed by atoms with Gasteiger partial charge in [-0.1, -0.05) is 173 Å². The predicted molar refractivity (Wildman–Crippen MR) is 224 cm³/mol. The Morgan fingerprint density at radius 3 is 1.13 bits per heavy atom. The molecular formula is C47H84O6. The summed E-state index contributed by atoms with van der Waals surface area (Å²) in [5, 5.41) is 0. The zero-order valence-corrected chi connectivity index (χ0v) is 35.0. The zero-order valence-electron chi connectivity index (χ0n) is 35.0. The molecule has 0 bridgehead atoms. The molecule has 0 aliphatic heterocycles. The van der Waals surface area contributed by atoms with Gasteiger partial charge in [0.15, 0.2) is 6.10 Å². The summed E-state index contributed by atoms with van der Waals surface area (Å²) in [6.07, 6.45) is 47.1.